The molecular weight excluding hydrogens is 248 g/mol. The highest BCUT2D eigenvalue weighted by Crippen LogP contribution is 2.63. The van der Waals surface area contributed by atoms with Gasteiger partial charge >= 0.3 is 0 Å². The zero-order chi connectivity index (χ0) is 13.0. The van der Waals surface area contributed by atoms with E-state index in [9.17, 15) is 9.90 Å². The smallest absolute Gasteiger partial charge is 0.165 e. The number of carbonyl (C=O) groups excluding carboxylic acids is 1. The second kappa shape index (κ2) is 3.69. The third kappa shape index (κ3) is 1.49. The lowest BCUT2D eigenvalue weighted by molar-refractivity contribution is -0.134. The first kappa shape index (κ1) is 11.9. The Balaban J connectivity index is 2.11. The molecule has 0 radical (unpaired) electrons. The van der Waals surface area contributed by atoms with Crippen molar-refractivity contribution in [3.05, 3.63) is 46.5 Å². The molecule has 0 aliphatic heterocycles. The van der Waals surface area contributed by atoms with Gasteiger partial charge in [0.1, 0.15) is 5.60 Å². The standard InChI is InChI=1S/C15H15ClO2/c1-10-8-13(17)14(6-7-14)15(18,9-10)11-2-4-12(16)5-3-11/h2-5,8,18H,6-7,9H2,1H3. The minimum absolute atomic E-state index is 0.0729. The third-order valence-corrected chi connectivity index (χ3v) is 4.50. The number of halogens is 1. The van der Waals surface area contributed by atoms with E-state index in [4.69, 9.17) is 11.6 Å². The quantitative estimate of drug-likeness (QED) is 0.844. The predicted molar refractivity (Wildman–Crippen MR) is 70.4 cm³/mol. The second-order valence-electron chi connectivity index (χ2n) is 5.48. The summed E-state index contributed by atoms with van der Waals surface area (Å²) in [6, 6.07) is 7.19. The van der Waals surface area contributed by atoms with Crippen LogP contribution in [-0.2, 0) is 10.4 Å². The van der Waals surface area contributed by atoms with Crippen LogP contribution in [0.3, 0.4) is 0 Å². The van der Waals surface area contributed by atoms with Gasteiger partial charge in [-0.05, 0) is 43.5 Å². The molecule has 1 saturated carbocycles. The maximum atomic E-state index is 12.2. The van der Waals surface area contributed by atoms with Crippen molar-refractivity contribution in [1.29, 1.82) is 0 Å². The van der Waals surface area contributed by atoms with Crippen LogP contribution in [0.4, 0.5) is 0 Å². The SMILES string of the molecule is CC1=CC(=O)C2(CC2)C(O)(c2ccc(Cl)cc2)C1. The number of rotatable bonds is 1. The van der Waals surface area contributed by atoms with Gasteiger partial charge in [0.25, 0.3) is 0 Å². The van der Waals surface area contributed by atoms with Gasteiger partial charge in [-0.3, -0.25) is 4.79 Å². The first-order valence-corrected chi connectivity index (χ1v) is 6.56. The molecule has 3 heteroatoms. The molecule has 0 amide bonds. The first-order valence-electron chi connectivity index (χ1n) is 6.18. The highest BCUT2D eigenvalue weighted by atomic mass is 35.5. The number of hydrogen-bond donors (Lipinski definition) is 1. The Morgan fingerprint density at radius 3 is 2.39 bits per heavy atom. The molecule has 0 saturated heterocycles. The van der Waals surface area contributed by atoms with Gasteiger partial charge in [-0.15, -0.1) is 0 Å². The second-order valence-corrected chi connectivity index (χ2v) is 5.92. The van der Waals surface area contributed by atoms with Gasteiger partial charge in [-0.2, -0.15) is 0 Å². The Morgan fingerprint density at radius 2 is 1.83 bits per heavy atom. The molecule has 0 heterocycles. The van der Waals surface area contributed by atoms with Crippen molar-refractivity contribution in [2.75, 3.05) is 0 Å². The van der Waals surface area contributed by atoms with Crippen LogP contribution < -0.4 is 0 Å². The minimum atomic E-state index is -1.06. The molecule has 1 N–H and O–H groups in total. The van der Waals surface area contributed by atoms with Crippen molar-refractivity contribution in [3.8, 4) is 0 Å². The number of ketones is 1. The molecular formula is C15H15ClO2. The summed E-state index contributed by atoms with van der Waals surface area (Å²) in [4.78, 5) is 12.2. The summed E-state index contributed by atoms with van der Waals surface area (Å²) in [5.41, 5.74) is 0.0913. The molecule has 3 rings (SSSR count). The number of hydrogen-bond acceptors (Lipinski definition) is 2. The van der Waals surface area contributed by atoms with Crippen LogP contribution >= 0.6 is 11.6 Å². The molecule has 18 heavy (non-hydrogen) atoms. The molecule has 2 aliphatic carbocycles. The lowest BCUT2D eigenvalue weighted by atomic mass is 9.69. The van der Waals surface area contributed by atoms with E-state index in [1.54, 1.807) is 18.2 Å². The Kier molecular flexibility index (Phi) is 2.45. The van der Waals surface area contributed by atoms with Gasteiger partial charge < -0.3 is 5.11 Å². The Morgan fingerprint density at radius 1 is 1.22 bits per heavy atom. The Bertz CT molecular complexity index is 540. The maximum absolute atomic E-state index is 12.2. The van der Waals surface area contributed by atoms with Crippen LogP contribution in [0, 0.1) is 5.41 Å². The fraction of sp³-hybridized carbons (Fsp3) is 0.400. The normalized spacial score (nSPS) is 29.3. The molecule has 1 aromatic carbocycles. The van der Waals surface area contributed by atoms with Gasteiger partial charge in [-0.1, -0.05) is 29.3 Å². The van der Waals surface area contributed by atoms with Gasteiger partial charge in [0.2, 0.25) is 0 Å². The van der Waals surface area contributed by atoms with Gasteiger partial charge in [0, 0.05) is 11.4 Å². The zero-order valence-corrected chi connectivity index (χ0v) is 11.0. The highest BCUT2D eigenvalue weighted by Gasteiger charge is 2.64. The fourth-order valence-electron chi connectivity index (χ4n) is 3.08. The predicted octanol–water partition coefficient (Wildman–Crippen LogP) is 3.23. The molecule has 2 nitrogen and oxygen atoms in total. The molecule has 2 aliphatic rings. The summed E-state index contributed by atoms with van der Waals surface area (Å²) in [6.45, 7) is 1.90. The number of aliphatic hydroxyl groups is 1. The lowest BCUT2D eigenvalue weighted by Gasteiger charge is -2.39. The van der Waals surface area contributed by atoms with E-state index in [0.29, 0.717) is 11.4 Å². The molecule has 1 atom stereocenters. The zero-order valence-electron chi connectivity index (χ0n) is 10.2. The van der Waals surface area contributed by atoms with Crippen molar-refractivity contribution >= 4 is 17.4 Å². The Hall–Kier alpha value is -1.12. The average molecular weight is 263 g/mol. The van der Waals surface area contributed by atoms with E-state index in [0.717, 1.165) is 24.0 Å². The van der Waals surface area contributed by atoms with Crippen LogP contribution in [0.15, 0.2) is 35.9 Å². The van der Waals surface area contributed by atoms with Crippen molar-refractivity contribution in [1.82, 2.24) is 0 Å². The summed E-state index contributed by atoms with van der Waals surface area (Å²) >= 11 is 5.88. The summed E-state index contributed by atoms with van der Waals surface area (Å²) < 4.78 is 0. The fourth-order valence-corrected chi connectivity index (χ4v) is 3.20. The van der Waals surface area contributed by atoms with Gasteiger partial charge in [0.05, 0.1) is 5.41 Å². The lowest BCUT2D eigenvalue weighted by Crippen LogP contribution is -2.44. The highest BCUT2D eigenvalue weighted by molar-refractivity contribution is 6.30. The van der Waals surface area contributed by atoms with Crippen LogP contribution in [0.2, 0.25) is 5.02 Å². The van der Waals surface area contributed by atoms with Crippen molar-refractivity contribution < 1.29 is 9.90 Å². The topological polar surface area (TPSA) is 37.3 Å². The largest absolute Gasteiger partial charge is 0.384 e. The van der Waals surface area contributed by atoms with E-state index >= 15 is 0 Å². The van der Waals surface area contributed by atoms with Crippen molar-refractivity contribution in [2.24, 2.45) is 5.41 Å². The molecule has 1 spiro atoms. The monoisotopic (exact) mass is 262 g/mol. The van der Waals surface area contributed by atoms with E-state index in [1.807, 2.05) is 19.1 Å². The molecule has 1 unspecified atom stereocenters. The maximum Gasteiger partial charge on any atom is 0.165 e. The van der Waals surface area contributed by atoms with Gasteiger partial charge in [0.15, 0.2) is 5.78 Å². The van der Waals surface area contributed by atoms with Crippen LogP contribution in [-0.4, -0.2) is 10.9 Å². The summed E-state index contributed by atoms with van der Waals surface area (Å²) in [6.07, 6.45) is 3.77. The number of allylic oxidation sites excluding steroid dienone is 1. The van der Waals surface area contributed by atoms with Crippen molar-refractivity contribution in [3.63, 3.8) is 0 Å². The van der Waals surface area contributed by atoms with E-state index in [1.165, 1.54) is 0 Å². The first-order chi connectivity index (χ1) is 8.48. The summed E-state index contributed by atoms with van der Waals surface area (Å²) in [7, 11) is 0. The Labute approximate surface area is 111 Å². The van der Waals surface area contributed by atoms with E-state index in [-0.39, 0.29) is 5.78 Å². The minimum Gasteiger partial charge on any atom is -0.384 e. The van der Waals surface area contributed by atoms with Crippen LogP contribution in [0.5, 0.6) is 0 Å². The van der Waals surface area contributed by atoms with E-state index < -0.39 is 11.0 Å². The molecule has 0 bridgehead atoms. The molecule has 1 fully saturated rings. The van der Waals surface area contributed by atoms with Gasteiger partial charge in [-0.25, -0.2) is 0 Å². The average Bonchev–Trinajstić information content (AvgIpc) is 3.09. The molecule has 94 valence electrons. The van der Waals surface area contributed by atoms with Crippen molar-refractivity contribution in [2.45, 2.75) is 31.8 Å². The van der Waals surface area contributed by atoms with Crippen LogP contribution in [0.25, 0.3) is 0 Å². The number of benzene rings is 1. The van der Waals surface area contributed by atoms with Crippen LogP contribution in [0.1, 0.15) is 31.7 Å². The summed E-state index contributed by atoms with van der Waals surface area (Å²) in [5.74, 6) is 0.0729. The third-order valence-electron chi connectivity index (χ3n) is 4.25. The number of carbonyl (C=O) groups is 1. The molecule has 0 aromatic heterocycles. The summed E-state index contributed by atoms with van der Waals surface area (Å²) in [5, 5.41) is 11.7. The molecule has 1 aromatic rings. The van der Waals surface area contributed by atoms with E-state index in [2.05, 4.69) is 0 Å².